The number of hydrogen-bond donors (Lipinski definition) is 12. The van der Waals surface area contributed by atoms with E-state index in [0.29, 0.717) is 0 Å². The zero-order valence-electron chi connectivity index (χ0n) is 9.68. The Kier molecular flexibility index (Phi) is 136. The van der Waals surface area contributed by atoms with E-state index in [1.165, 1.54) is 0 Å². The van der Waals surface area contributed by atoms with Crippen LogP contribution in [0.1, 0.15) is 0 Å². The van der Waals surface area contributed by atoms with Gasteiger partial charge in [0.1, 0.15) is 0 Å². The fourth-order valence-corrected chi connectivity index (χ4v) is 0. The summed E-state index contributed by atoms with van der Waals surface area (Å²) in [5.41, 5.74) is 0. The Bertz CT molecular complexity index is 63.3. The van der Waals surface area contributed by atoms with Gasteiger partial charge in [-0.1, -0.05) is 0 Å². The molecule has 0 aliphatic carbocycles. The monoisotopic (exact) mass is 410 g/mol. The van der Waals surface area contributed by atoms with Gasteiger partial charge in [-0.25, -0.2) is 0 Å². The van der Waals surface area contributed by atoms with E-state index in [2.05, 4.69) is 0 Å². The molecular weight excluding hydrogens is 387 g/mol. The molecule has 0 fully saturated rings. The van der Waals surface area contributed by atoms with Gasteiger partial charge in [-0.3, -0.25) is 0 Å². The van der Waals surface area contributed by atoms with Gasteiger partial charge in [-0.15, -0.1) is 0 Å². The van der Waals surface area contributed by atoms with Crippen LogP contribution < -0.4 is 0 Å². The van der Waals surface area contributed by atoms with Crippen LogP contribution in [-0.4, -0.2) is 157 Å². The molecule has 16 nitrogen and oxygen atoms in total. The van der Waals surface area contributed by atoms with Crippen LogP contribution in [0.5, 0.6) is 0 Å². The van der Waals surface area contributed by atoms with Crippen molar-refractivity contribution in [3.8, 4) is 0 Å². The molecule has 0 rings (SSSR count). The van der Waals surface area contributed by atoms with Gasteiger partial charge in [0, 0.05) is 0 Å². The summed E-state index contributed by atoms with van der Waals surface area (Å²) in [6.07, 6.45) is 0. The van der Waals surface area contributed by atoms with Crippen molar-refractivity contribution in [3.63, 3.8) is 0 Å². The second-order valence-corrected chi connectivity index (χ2v) is 1.39. The topological polar surface area (TPSA) is 369 Å². The first-order chi connectivity index (χ1) is 6.93. The third-order valence-electron chi connectivity index (χ3n) is 0. The Hall–Kier alpha value is 1.10. The normalized spacial score (nSPS) is 5.14. The van der Waals surface area contributed by atoms with Gasteiger partial charge in [-0.2, -0.15) is 0 Å². The summed E-state index contributed by atoms with van der Waals surface area (Å²) >= 11 is 0. The summed E-state index contributed by atoms with van der Waals surface area (Å²) in [4.78, 5) is 0. The zero-order chi connectivity index (χ0) is 14.3. The molecule has 0 atom stereocenters. The van der Waals surface area contributed by atoms with Crippen LogP contribution in [0.2, 0.25) is 0 Å². The van der Waals surface area contributed by atoms with Gasteiger partial charge in [0.05, 0.1) is 0 Å². The first kappa shape index (κ1) is 57.3. The third-order valence-corrected chi connectivity index (χ3v) is 0. The van der Waals surface area contributed by atoms with E-state index in [1.807, 2.05) is 0 Å². The minimum atomic E-state index is -2.17. The van der Waals surface area contributed by atoms with Gasteiger partial charge in [0.2, 0.25) is 0 Å². The summed E-state index contributed by atoms with van der Waals surface area (Å²) in [6.45, 7) is 0. The van der Waals surface area contributed by atoms with Crippen molar-refractivity contribution in [1.82, 2.24) is 0 Å². The van der Waals surface area contributed by atoms with Crippen LogP contribution in [0.25, 0.3) is 0 Å². The molecule has 132 valence electrons. The molecule has 0 aromatic rings. The summed E-state index contributed by atoms with van der Waals surface area (Å²) in [6, 6.07) is 0. The molecule has 20 N–H and O–H groups in total. The second kappa shape index (κ2) is 49.7. The molecule has 0 radical (unpaired) electrons. The Morgan fingerprint density at radius 2 is 0.286 bits per heavy atom. The average Bonchev–Trinajstić information content (AvgIpc) is 1.76. The van der Waals surface area contributed by atoms with Crippen molar-refractivity contribution in [2.24, 2.45) is 0 Å². The fourth-order valence-electron chi connectivity index (χ4n) is 0. The van der Waals surface area contributed by atoms with E-state index >= 15 is 0 Å². The molecule has 0 unspecified atom stereocenters. The van der Waals surface area contributed by atoms with Crippen LogP contribution in [0.15, 0.2) is 0 Å². The number of hydrogen-bond acceptors (Lipinski definition) is 12. The van der Waals surface area contributed by atoms with Crippen LogP contribution in [0.4, 0.5) is 0 Å². The van der Waals surface area contributed by atoms with Crippen molar-refractivity contribution in [2.45, 2.75) is 0 Å². The Labute approximate surface area is 156 Å². The second-order valence-electron chi connectivity index (χ2n) is 1.39. The van der Waals surface area contributed by atoms with Crippen molar-refractivity contribution < 1.29 is 82.2 Å². The zero-order valence-corrected chi connectivity index (χ0v) is 9.68. The standard InChI is InChI=1S/4BH3O3.4H2O.Sr.2H/c4*2-1(3)4;;;;;;;/h4*2-4H;4*1H2;;;. The maximum atomic E-state index is 7.17. The Morgan fingerprint density at radius 3 is 0.286 bits per heavy atom. The summed E-state index contributed by atoms with van der Waals surface area (Å²) in [7, 11) is -8.67. The van der Waals surface area contributed by atoms with E-state index in [1.54, 1.807) is 0 Å². The first-order valence-corrected chi connectivity index (χ1v) is 3.10. The Balaban J connectivity index is -0.0000000121. The van der Waals surface area contributed by atoms with Gasteiger partial charge >= 0.3 is 74.8 Å². The molecule has 0 bridgehead atoms. The van der Waals surface area contributed by atoms with Gasteiger partial charge < -0.3 is 82.2 Å². The van der Waals surface area contributed by atoms with E-state index in [4.69, 9.17) is 60.3 Å². The summed E-state index contributed by atoms with van der Waals surface area (Å²) < 4.78 is 0. The fraction of sp³-hybridized carbons (Fsp3) is 0. The van der Waals surface area contributed by atoms with Crippen molar-refractivity contribution >= 4 is 74.8 Å². The van der Waals surface area contributed by atoms with Crippen LogP contribution >= 0.6 is 0 Å². The van der Waals surface area contributed by atoms with Crippen molar-refractivity contribution in [3.05, 3.63) is 0 Å². The predicted molar refractivity (Wildman–Crippen MR) is 72.6 cm³/mol. The molecule has 0 saturated heterocycles. The minimum absolute atomic E-state index is 0. The molecule has 0 amide bonds. The van der Waals surface area contributed by atoms with E-state index in [0.717, 1.165) is 0 Å². The first-order valence-electron chi connectivity index (χ1n) is 3.10. The van der Waals surface area contributed by atoms with Gasteiger partial charge in [0.25, 0.3) is 0 Å². The molecular formula is H22B4O16Sr. The van der Waals surface area contributed by atoms with Gasteiger partial charge in [0.15, 0.2) is 0 Å². The molecule has 0 spiro atoms. The molecule has 0 aromatic carbocycles. The quantitative estimate of drug-likeness (QED) is 0.166. The van der Waals surface area contributed by atoms with E-state index < -0.39 is 29.3 Å². The molecule has 0 aromatic heterocycles. The maximum absolute atomic E-state index is 7.17. The van der Waals surface area contributed by atoms with Gasteiger partial charge in [-0.05, 0) is 0 Å². The van der Waals surface area contributed by atoms with Crippen LogP contribution in [-0.2, 0) is 0 Å². The molecule has 0 saturated carbocycles. The summed E-state index contributed by atoms with van der Waals surface area (Å²) in [5.74, 6) is 0. The molecule has 0 heterocycles. The van der Waals surface area contributed by atoms with E-state index in [9.17, 15) is 0 Å². The van der Waals surface area contributed by atoms with E-state index in [-0.39, 0.29) is 67.4 Å². The number of rotatable bonds is 0. The predicted octanol–water partition coefficient (Wildman–Crippen LogP) is -12.4. The molecule has 0 aliphatic heterocycles. The Morgan fingerprint density at radius 1 is 0.286 bits per heavy atom. The average molecular weight is 409 g/mol. The molecule has 21 heteroatoms. The van der Waals surface area contributed by atoms with Crippen molar-refractivity contribution in [2.75, 3.05) is 0 Å². The van der Waals surface area contributed by atoms with Crippen LogP contribution in [0.3, 0.4) is 0 Å². The summed E-state index contributed by atoms with van der Waals surface area (Å²) in [5, 5.41) is 86.0. The third kappa shape index (κ3) is 6360. The SMILES string of the molecule is O.O.O.O.OB(O)O.OB(O)O.OB(O)O.OB(O)O.[SrH2]. The van der Waals surface area contributed by atoms with Crippen molar-refractivity contribution in [1.29, 1.82) is 0 Å². The van der Waals surface area contributed by atoms with Crippen LogP contribution in [0, 0.1) is 0 Å². The molecule has 0 aliphatic rings. The molecule has 21 heavy (non-hydrogen) atoms.